The summed E-state index contributed by atoms with van der Waals surface area (Å²) in [4.78, 5) is 35.0. The van der Waals surface area contributed by atoms with E-state index in [0.29, 0.717) is 10.6 Å². The van der Waals surface area contributed by atoms with Crippen molar-refractivity contribution < 1.29 is 19.1 Å². The van der Waals surface area contributed by atoms with E-state index in [1.807, 2.05) is 6.92 Å². The van der Waals surface area contributed by atoms with Crippen molar-refractivity contribution in [2.75, 3.05) is 19.0 Å². The van der Waals surface area contributed by atoms with Crippen LogP contribution >= 0.6 is 11.3 Å². The summed E-state index contributed by atoms with van der Waals surface area (Å²) >= 11 is 1.30. The first-order valence-electron chi connectivity index (χ1n) is 5.62. The highest BCUT2D eigenvalue weighted by Gasteiger charge is 2.22. The molecule has 0 aromatic carbocycles. The van der Waals surface area contributed by atoms with Crippen LogP contribution in [0.5, 0.6) is 0 Å². The Bertz CT molecular complexity index is 522. The molecule has 0 aliphatic rings. The lowest BCUT2D eigenvalue weighted by atomic mass is 10.1. The van der Waals surface area contributed by atoms with Gasteiger partial charge in [0.05, 0.1) is 5.56 Å². The zero-order valence-corrected chi connectivity index (χ0v) is 12.1. The fraction of sp³-hybridized carbons (Fsp3) is 0.417. The molecule has 19 heavy (non-hydrogen) atoms. The Morgan fingerprint density at radius 3 is 2.42 bits per heavy atom. The number of ether oxygens (including phenoxy) is 1. The fourth-order valence-electron chi connectivity index (χ4n) is 1.40. The van der Waals surface area contributed by atoms with Crippen molar-refractivity contribution in [3.63, 3.8) is 0 Å². The van der Waals surface area contributed by atoms with Crippen LogP contribution in [-0.2, 0) is 14.3 Å². The lowest BCUT2D eigenvalue weighted by Gasteiger charge is -2.06. The van der Waals surface area contributed by atoms with Gasteiger partial charge >= 0.3 is 5.97 Å². The largest absolute Gasteiger partial charge is 0.452 e. The van der Waals surface area contributed by atoms with E-state index in [1.165, 1.54) is 25.3 Å². The molecule has 0 fully saturated rings. The highest BCUT2D eigenvalue weighted by molar-refractivity contribution is 7.16. The molecule has 0 bridgehead atoms. The van der Waals surface area contributed by atoms with Crippen LogP contribution in [-0.4, -0.2) is 31.4 Å². The number of carbonyl (C=O) groups is 3. The minimum atomic E-state index is -0.616. The quantitative estimate of drug-likeness (QED) is 0.814. The minimum Gasteiger partial charge on any atom is -0.452 e. The van der Waals surface area contributed by atoms with Gasteiger partial charge in [-0.25, -0.2) is 4.79 Å². The summed E-state index contributed by atoms with van der Waals surface area (Å²) in [6.45, 7) is 4.64. The first kappa shape index (κ1) is 15.2. The molecule has 1 rings (SSSR count). The number of anilines is 1. The standard InChI is InChI=1S/C12H16N2O4S/c1-6-7(2)19-11(14-8(3)15)10(6)12(17)18-5-9(16)13-4/h5H2,1-4H3,(H,13,16)(H,14,15). The number of thiophene rings is 1. The molecule has 0 saturated heterocycles. The van der Waals surface area contributed by atoms with Gasteiger partial charge in [0.2, 0.25) is 5.91 Å². The van der Waals surface area contributed by atoms with E-state index in [0.717, 1.165) is 10.4 Å². The van der Waals surface area contributed by atoms with E-state index in [9.17, 15) is 14.4 Å². The van der Waals surface area contributed by atoms with Crippen LogP contribution < -0.4 is 10.6 Å². The average molecular weight is 284 g/mol. The highest BCUT2D eigenvalue weighted by Crippen LogP contribution is 2.32. The highest BCUT2D eigenvalue weighted by atomic mass is 32.1. The molecule has 6 nitrogen and oxygen atoms in total. The van der Waals surface area contributed by atoms with Gasteiger partial charge < -0.3 is 15.4 Å². The summed E-state index contributed by atoms with van der Waals surface area (Å²) in [5.74, 6) is -1.27. The van der Waals surface area contributed by atoms with E-state index in [-0.39, 0.29) is 18.4 Å². The van der Waals surface area contributed by atoms with Crippen LogP contribution in [0.25, 0.3) is 0 Å². The lowest BCUT2D eigenvalue weighted by Crippen LogP contribution is -2.25. The molecule has 7 heteroatoms. The maximum atomic E-state index is 12.0. The zero-order valence-electron chi connectivity index (χ0n) is 11.2. The van der Waals surface area contributed by atoms with Crippen molar-refractivity contribution in [1.29, 1.82) is 0 Å². The van der Waals surface area contributed by atoms with Crippen molar-refractivity contribution in [3.05, 3.63) is 16.0 Å². The van der Waals surface area contributed by atoms with Gasteiger partial charge in [-0.2, -0.15) is 0 Å². The summed E-state index contributed by atoms with van der Waals surface area (Å²) in [6.07, 6.45) is 0. The average Bonchev–Trinajstić information content (AvgIpc) is 2.60. The smallest absolute Gasteiger partial charge is 0.341 e. The Morgan fingerprint density at radius 2 is 1.89 bits per heavy atom. The SMILES string of the molecule is CNC(=O)COC(=O)c1c(NC(C)=O)sc(C)c1C. The molecule has 1 aromatic rings. The van der Waals surface area contributed by atoms with Crippen molar-refractivity contribution in [3.8, 4) is 0 Å². The van der Waals surface area contributed by atoms with Crippen LogP contribution in [0.15, 0.2) is 0 Å². The van der Waals surface area contributed by atoms with Gasteiger partial charge in [0.15, 0.2) is 6.61 Å². The molecular formula is C12H16N2O4S. The molecule has 0 spiro atoms. The number of carbonyl (C=O) groups excluding carboxylic acids is 3. The minimum absolute atomic E-state index is 0.262. The summed E-state index contributed by atoms with van der Waals surface area (Å²) in [5, 5.41) is 5.40. The monoisotopic (exact) mass is 284 g/mol. The number of aryl methyl sites for hydroxylation is 1. The third-order valence-electron chi connectivity index (χ3n) is 2.49. The normalized spacial score (nSPS) is 9.89. The second kappa shape index (κ2) is 6.33. The van der Waals surface area contributed by atoms with Gasteiger partial charge in [-0.15, -0.1) is 11.3 Å². The van der Waals surface area contributed by atoms with E-state index < -0.39 is 5.97 Å². The van der Waals surface area contributed by atoms with Crippen LogP contribution in [0.1, 0.15) is 27.7 Å². The van der Waals surface area contributed by atoms with Gasteiger partial charge in [-0.05, 0) is 19.4 Å². The molecule has 0 aliphatic carbocycles. The maximum absolute atomic E-state index is 12.0. The first-order chi connectivity index (χ1) is 8.86. The van der Waals surface area contributed by atoms with Gasteiger partial charge in [-0.3, -0.25) is 9.59 Å². The molecule has 1 aromatic heterocycles. The summed E-state index contributed by atoms with van der Waals surface area (Å²) in [7, 11) is 1.46. The number of hydrogen-bond donors (Lipinski definition) is 2. The number of amides is 2. The summed E-state index contributed by atoms with van der Waals surface area (Å²) < 4.78 is 4.90. The van der Waals surface area contributed by atoms with Gasteiger partial charge in [0, 0.05) is 18.8 Å². The molecule has 2 amide bonds. The molecule has 0 aliphatic heterocycles. The summed E-state index contributed by atoms with van der Waals surface area (Å²) in [5.41, 5.74) is 1.05. The van der Waals surface area contributed by atoms with E-state index >= 15 is 0 Å². The Morgan fingerprint density at radius 1 is 1.26 bits per heavy atom. The van der Waals surface area contributed by atoms with Crippen LogP contribution in [0.2, 0.25) is 0 Å². The van der Waals surface area contributed by atoms with Crippen LogP contribution in [0.4, 0.5) is 5.00 Å². The topological polar surface area (TPSA) is 84.5 Å². The number of esters is 1. The first-order valence-corrected chi connectivity index (χ1v) is 6.43. The van der Waals surface area contributed by atoms with Gasteiger partial charge in [0.25, 0.3) is 5.91 Å². The van der Waals surface area contributed by atoms with Crippen LogP contribution in [0, 0.1) is 13.8 Å². The van der Waals surface area contributed by atoms with Gasteiger partial charge in [-0.1, -0.05) is 0 Å². The number of nitrogens with one attached hydrogen (secondary N) is 2. The second-order valence-corrected chi connectivity index (χ2v) is 5.14. The third kappa shape index (κ3) is 3.78. The maximum Gasteiger partial charge on any atom is 0.341 e. The lowest BCUT2D eigenvalue weighted by molar-refractivity contribution is -0.123. The predicted octanol–water partition coefficient (Wildman–Crippen LogP) is 1.23. The molecular weight excluding hydrogens is 268 g/mol. The van der Waals surface area contributed by atoms with Crippen molar-refractivity contribution in [2.24, 2.45) is 0 Å². The van der Waals surface area contributed by atoms with Crippen LogP contribution in [0.3, 0.4) is 0 Å². The predicted molar refractivity (Wildman–Crippen MR) is 72.4 cm³/mol. The molecule has 2 N–H and O–H groups in total. The number of hydrogen-bond acceptors (Lipinski definition) is 5. The number of rotatable bonds is 4. The third-order valence-corrected chi connectivity index (χ3v) is 3.61. The summed E-state index contributed by atoms with van der Waals surface area (Å²) in [6, 6.07) is 0. The molecule has 0 radical (unpaired) electrons. The fourth-order valence-corrected chi connectivity index (χ4v) is 2.49. The molecule has 0 unspecified atom stereocenters. The molecule has 1 heterocycles. The molecule has 0 atom stereocenters. The molecule has 0 saturated carbocycles. The van der Waals surface area contributed by atoms with Crippen molar-refractivity contribution >= 4 is 34.1 Å². The zero-order chi connectivity index (χ0) is 14.6. The Balaban J connectivity index is 2.94. The van der Waals surface area contributed by atoms with E-state index in [1.54, 1.807) is 6.92 Å². The van der Waals surface area contributed by atoms with Crippen molar-refractivity contribution in [2.45, 2.75) is 20.8 Å². The Kier molecular flexibility index (Phi) is 5.05. The van der Waals surface area contributed by atoms with Gasteiger partial charge in [0.1, 0.15) is 5.00 Å². The second-order valence-electron chi connectivity index (χ2n) is 3.92. The number of likely N-dealkylation sites (N-methyl/N-ethyl adjacent to an activating group) is 1. The Labute approximate surface area is 115 Å². The van der Waals surface area contributed by atoms with E-state index in [4.69, 9.17) is 4.74 Å². The van der Waals surface area contributed by atoms with Crippen molar-refractivity contribution in [1.82, 2.24) is 5.32 Å². The molecule has 104 valence electrons. The van der Waals surface area contributed by atoms with E-state index in [2.05, 4.69) is 10.6 Å². The Hall–Kier alpha value is -1.89.